The van der Waals surface area contributed by atoms with Crippen LogP contribution in [-0.2, 0) is 43.2 Å². The third-order valence-corrected chi connectivity index (χ3v) is 7.48. The van der Waals surface area contributed by atoms with Crippen LogP contribution in [0.3, 0.4) is 0 Å². The molecule has 1 amide bonds. The first-order chi connectivity index (χ1) is 21.4. The summed E-state index contributed by atoms with van der Waals surface area (Å²) < 4.78 is 6.38. The number of amides is 1. The van der Waals surface area contributed by atoms with Gasteiger partial charge in [0.15, 0.2) is 0 Å². The Labute approximate surface area is 260 Å². The molecule has 0 saturated carbocycles. The van der Waals surface area contributed by atoms with Gasteiger partial charge in [0, 0.05) is 23.9 Å². The van der Waals surface area contributed by atoms with Gasteiger partial charge in [-0.3, -0.25) is 4.79 Å². The van der Waals surface area contributed by atoms with E-state index in [9.17, 15) is 9.90 Å². The molecule has 0 aliphatic carbocycles. The Hall–Kier alpha value is -5.00. The zero-order valence-corrected chi connectivity index (χ0v) is 24.7. The first-order valence-electron chi connectivity index (χ1n) is 14.0. The standard InChI is InChI=1S/C33H32ClNO3.2CO2/c34-32-22-29(36)15-13-27(32)14-18-33(37)35-23-31(21-28(35)20-25-9-5-2-6-10-25)38-30-16-11-26(12-17-30)19-24-7-3-1-4-8-24;2*2-1-3/h1-13,15-17,22,28,31,36H,14,18-21,23H2;;/t28-,31+;;/m1../s1. The second kappa shape index (κ2) is 17.8. The van der Waals surface area contributed by atoms with Gasteiger partial charge < -0.3 is 14.7 Å². The number of rotatable bonds is 9. The lowest BCUT2D eigenvalue weighted by atomic mass is 10.0. The van der Waals surface area contributed by atoms with Crippen molar-refractivity contribution in [1.29, 1.82) is 0 Å². The van der Waals surface area contributed by atoms with Crippen LogP contribution in [0.1, 0.15) is 35.1 Å². The summed E-state index contributed by atoms with van der Waals surface area (Å²) in [6.45, 7) is 0.561. The fourth-order valence-electron chi connectivity index (χ4n) is 5.18. The normalized spacial score (nSPS) is 15.0. The molecular weight excluding hydrogens is 582 g/mol. The predicted octanol–water partition coefficient (Wildman–Crippen LogP) is 5.69. The van der Waals surface area contributed by atoms with Crippen molar-refractivity contribution in [2.24, 2.45) is 0 Å². The number of hydrogen-bond donors (Lipinski definition) is 1. The smallest absolute Gasteiger partial charge is 0.373 e. The number of nitrogens with zero attached hydrogens (tertiary/aromatic N) is 1. The highest BCUT2D eigenvalue weighted by atomic mass is 35.5. The molecular formula is C35H32ClNO7. The molecule has 44 heavy (non-hydrogen) atoms. The molecule has 0 radical (unpaired) electrons. The minimum Gasteiger partial charge on any atom is -0.508 e. The van der Waals surface area contributed by atoms with Gasteiger partial charge in [-0.25, -0.2) is 0 Å². The Bertz CT molecular complexity index is 1520. The summed E-state index contributed by atoms with van der Waals surface area (Å²) >= 11 is 6.27. The molecule has 8 nitrogen and oxygen atoms in total. The highest BCUT2D eigenvalue weighted by molar-refractivity contribution is 6.31. The summed E-state index contributed by atoms with van der Waals surface area (Å²) in [4.78, 5) is 47.9. The van der Waals surface area contributed by atoms with E-state index in [1.165, 1.54) is 22.8 Å². The lowest BCUT2D eigenvalue weighted by Gasteiger charge is -2.24. The summed E-state index contributed by atoms with van der Waals surface area (Å²) in [6.07, 6.45) is 3.79. The number of phenols is 1. The summed E-state index contributed by atoms with van der Waals surface area (Å²) in [5.74, 6) is 1.05. The van der Waals surface area contributed by atoms with Crippen LogP contribution in [0.15, 0.2) is 103 Å². The highest BCUT2D eigenvalue weighted by Crippen LogP contribution is 2.28. The maximum atomic E-state index is 13.4. The van der Waals surface area contributed by atoms with Crippen molar-refractivity contribution >= 4 is 29.8 Å². The van der Waals surface area contributed by atoms with E-state index in [1.807, 2.05) is 41.3 Å². The minimum atomic E-state index is -0.0649. The molecule has 4 aromatic carbocycles. The number of halogens is 1. The zero-order chi connectivity index (χ0) is 31.7. The SMILES string of the molecule is O=C(CCc1ccc(O)cc1Cl)N1C[C@@H](Oc2ccc(Cc3ccccc3)cc2)C[C@H]1Cc1ccccc1.O=C=O.O=C=O. The second-order valence-electron chi connectivity index (χ2n) is 10.1. The van der Waals surface area contributed by atoms with Gasteiger partial charge in [-0.1, -0.05) is 90.5 Å². The van der Waals surface area contributed by atoms with Gasteiger partial charge >= 0.3 is 12.3 Å². The molecule has 0 spiro atoms. The van der Waals surface area contributed by atoms with E-state index in [4.69, 9.17) is 35.5 Å². The molecule has 0 bridgehead atoms. The maximum Gasteiger partial charge on any atom is 0.373 e. The summed E-state index contributed by atoms with van der Waals surface area (Å²) in [5, 5.41) is 10.1. The zero-order valence-electron chi connectivity index (χ0n) is 23.9. The Morgan fingerprint density at radius 3 is 1.98 bits per heavy atom. The molecule has 5 rings (SSSR count). The van der Waals surface area contributed by atoms with Crippen LogP contribution in [0.25, 0.3) is 0 Å². The number of phenolic OH excluding ortho intramolecular Hbond substituents is 1. The highest BCUT2D eigenvalue weighted by Gasteiger charge is 2.36. The van der Waals surface area contributed by atoms with Crippen molar-refractivity contribution in [2.75, 3.05) is 6.54 Å². The van der Waals surface area contributed by atoms with Gasteiger partial charge in [-0.15, -0.1) is 0 Å². The summed E-state index contributed by atoms with van der Waals surface area (Å²) in [7, 11) is 0. The van der Waals surface area contributed by atoms with Crippen molar-refractivity contribution < 1.29 is 33.8 Å². The van der Waals surface area contributed by atoms with Crippen LogP contribution >= 0.6 is 11.6 Å². The largest absolute Gasteiger partial charge is 0.508 e. The van der Waals surface area contributed by atoms with Gasteiger partial charge in [-0.05, 0) is 65.8 Å². The molecule has 1 aliphatic heterocycles. The summed E-state index contributed by atoms with van der Waals surface area (Å²) in [6, 6.07) is 34.0. The van der Waals surface area contributed by atoms with Crippen molar-refractivity contribution in [2.45, 2.75) is 44.2 Å². The number of aryl methyl sites for hydroxylation is 1. The van der Waals surface area contributed by atoms with E-state index in [0.717, 1.165) is 30.6 Å². The quantitative estimate of drug-likeness (QED) is 0.257. The number of ether oxygens (including phenoxy) is 1. The minimum absolute atomic E-state index is 0.0649. The number of likely N-dealkylation sites (tertiary alicyclic amines) is 1. The number of benzene rings is 4. The maximum absolute atomic E-state index is 13.4. The van der Waals surface area contributed by atoms with Crippen LogP contribution < -0.4 is 4.74 Å². The van der Waals surface area contributed by atoms with Gasteiger partial charge in [0.05, 0.1) is 6.54 Å². The van der Waals surface area contributed by atoms with E-state index in [-0.39, 0.29) is 36.1 Å². The van der Waals surface area contributed by atoms with Gasteiger partial charge in [-0.2, -0.15) is 19.2 Å². The van der Waals surface area contributed by atoms with Crippen LogP contribution in [0.2, 0.25) is 5.02 Å². The van der Waals surface area contributed by atoms with Crippen molar-refractivity contribution in [3.8, 4) is 11.5 Å². The Morgan fingerprint density at radius 1 is 0.818 bits per heavy atom. The fraction of sp³-hybridized carbons (Fsp3) is 0.229. The molecule has 1 aliphatic rings. The topological polar surface area (TPSA) is 118 Å². The average Bonchev–Trinajstić information content (AvgIpc) is 3.41. The van der Waals surface area contributed by atoms with E-state index in [0.29, 0.717) is 24.4 Å². The van der Waals surface area contributed by atoms with Crippen LogP contribution in [0, 0.1) is 0 Å². The molecule has 2 atom stereocenters. The number of aromatic hydroxyl groups is 1. The molecule has 226 valence electrons. The Balaban J connectivity index is 0.000000816. The van der Waals surface area contributed by atoms with Gasteiger partial charge in [0.1, 0.15) is 17.6 Å². The molecule has 0 unspecified atom stereocenters. The Morgan fingerprint density at radius 2 is 1.39 bits per heavy atom. The first-order valence-corrected chi connectivity index (χ1v) is 14.3. The van der Waals surface area contributed by atoms with Gasteiger partial charge in [0.2, 0.25) is 5.91 Å². The molecule has 1 heterocycles. The number of carbonyl (C=O) groups is 1. The molecule has 4 aromatic rings. The lowest BCUT2D eigenvalue weighted by molar-refractivity contribution is -0.193. The lowest BCUT2D eigenvalue weighted by Crippen LogP contribution is -2.37. The van der Waals surface area contributed by atoms with Gasteiger partial charge in [0.25, 0.3) is 0 Å². The van der Waals surface area contributed by atoms with E-state index in [1.54, 1.807) is 12.1 Å². The first kappa shape index (κ1) is 33.5. The third kappa shape index (κ3) is 10.7. The molecule has 1 saturated heterocycles. The molecule has 1 N–H and O–H groups in total. The van der Waals surface area contributed by atoms with Crippen molar-refractivity contribution in [1.82, 2.24) is 4.90 Å². The van der Waals surface area contributed by atoms with Crippen molar-refractivity contribution in [3.05, 3.63) is 130 Å². The molecule has 0 aromatic heterocycles. The fourth-order valence-corrected chi connectivity index (χ4v) is 5.45. The molecule has 9 heteroatoms. The summed E-state index contributed by atoms with van der Waals surface area (Å²) in [5.41, 5.74) is 4.59. The molecule has 1 fully saturated rings. The third-order valence-electron chi connectivity index (χ3n) is 7.13. The monoisotopic (exact) mass is 613 g/mol. The van der Waals surface area contributed by atoms with Crippen LogP contribution in [0.5, 0.6) is 11.5 Å². The van der Waals surface area contributed by atoms with E-state index < -0.39 is 0 Å². The second-order valence-corrected chi connectivity index (χ2v) is 10.5. The number of carbonyl (C=O) groups excluding carboxylic acids is 5. The number of hydrogen-bond acceptors (Lipinski definition) is 7. The van der Waals surface area contributed by atoms with Crippen molar-refractivity contribution in [3.63, 3.8) is 0 Å². The average molecular weight is 614 g/mol. The van der Waals surface area contributed by atoms with Crippen LogP contribution in [0.4, 0.5) is 0 Å². The predicted molar refractivity (Wildman–Crippen MR) is 162 cm³/mol. The van der Waals surface area contributed by atoms with E-state index in [2.05, 4.69) is 48.5 Å². The Kier molecular flexibility index (Phi) is 13.6. The van der Waals surface area contributed by atoms with E-state index >= 15 is 0 Å². The van der Waals surface area contributed by atoms with Crippen LogP contribution in [-0.4, -0.2) is 46.9 Å².